The molecule has 0 bridgehead atoms. The summed E-state index contributed by atoms with van der Waals surface area (Å²) in [6, 6.07) is 0.496. The first kappa shape index (κ1) is 15.4. The van der Waals surface area contributed by atoms with Crippen molar-refractivity contribution in [1.82, 2.24) is 10.2 Å². The second-order valence-electron chi connectivity index (χ2n) is 6.78. The second kappa shape index (κ2) is 6.53. The molecule has 1 rings (SSSR count). The minimum atomic E-state index is -0.221. The molecule has 1 heterocycles. The molecule has 3 N–H and O–H groups in total. The lowest BCUT2D eigenvalue weighted by molar-refractivity contribution is -0.119. The van der Waals surface area contributed by atoms with Crippen LogP contribution in [0.15, 0.2) is 0 Å². The number of carbonyl (C=O) groups excluding carboxylic acids is 1. The van der Waals surface area contributed by atoms with Crippen LogP contribution in [0.1, 0.15) is 40.5 Å². The van der Waals surface area contributed by atoms with Crippen LogP contribution in [0.4, 0.5) is 0 Å². The van der Waals surface area contributed by atoms with E-state index in [9.17, 15) is 4.79 Å². The van der Waals surface area contributed by atoms with Crippen LogP contribution < -0.4 is 11.1 Å². The molecule has 0 saturated carbocycles. The Hall–Kier alpha value is -0.610. The number of likely N-dealkylation sites (N-methyl/N-ethyl adjacent to an activating group) is 1. The molecule has 1 fully saturated rings. The van der Waals surface area contributed by atoms with Gasteiger partial charge < -0.3 is 11.1 Å². The molecule has 106 valence electrons. The van der Waals surface area contributed by atoms with E-state index in [1.807, 2.05) is 0 Å². The Kier molecular flexibility index (Phi) is 5.60. The third-order valence-corrected chi connectivity index (χ3v) is 3.39. The van der Waals surface area contributed by atoms with Crippen LogP contribution in [0.25, 0.3) is 0 Å². The lowest BCUT2D eigenvalue weighted by Crippen LogP contribution is -2.51. The lowest BCUT2D eigenvalue weighted by atomic mass is 9.80. The number of nitrogens with one attached hydrogen (secondary N) is 1. The quantitative estimate of drug-likeness (QED) is 0.776. The molecule has 1 aliphatic heterocycles. The molecule has 2 atom stereocenters. The Bertz CT molecular complexity index is 273. The normalized spacial score (nSPS) is 26.2. The SMILES string of the molecule is CCNC1CC(CC(C)(C)C)CN(CC(N)=O)C1. The highest BCUT2D eigenvalue weighted by atomic mass is 16.1. The topological polar surface area (TPSA) is 58.4 Å². The Balaban J connectivity index is 2.58. The van der Waals surface area contributed by atoms with Crippen LogP contribution in [-0.2, 0) is 4.79 Å². The number of rotatable bonds is 5. The Morgan fingerprint density at radius 3 is 2.56 bits per heavy atom. The van der Waals surface area contributed by atoms with Gasteiger partial charge in [-0.2, -0.15) is 0 Å². The molecular weight excluding hydrogens is 226 g/mol. The first-order chi connectivity index (χ1) is 8.30. The van der Waals surface area contributed by atoms with Gasteiger partial charge in [0.1, 0.15) is 0 Å². The van der Waals surface area contributed by atoms with Crippen molar-refractivity contribution in [1.29, 1.82) is 0 Å². The van der Waals surface area contributed by atoms with E-state index in [1.165, 1.54) is 12.8 Å². The number of nitrogens with two attached hydrogens (primary N) is 1. The molecule has 1 saturated heterocycles. The van der Waals surface area contributed by atoms with Crippen LogP contribution in [0.5, 0.6) is 0 Å². The van der Waals surface area contributed by atoms with Gasteiger partial charge in [0.05, 0.1) is 6.54 Å². The number of likely N-dealkylation sites (tertiary alicyclic amines) is 1. The molecule has 0 spiro atoms. The summed E-state index contributed by atoms with van der Waals surface area (Å²) in [7, 11) is 0. The van der Waals surface area contributed by atoms with Crippen LogP contribution in [-0.4, -0.2) is 43.0 Å². The molecule has 0 aromatic heterocycles. The van der Waals surface area contributed by atoms with Gasteiger partial charge in [-0.25, -0.2) is 0 Å². The third-order valence-electron chi connectivity index (χ3n) is 3.39. The van der Waals surface area contributed by atoms with E-state index in [0.29, 0.717) is 23.9 Å². The van der Waals surface area contributed by atoms with E-state index >= 15 is 0 Å². The predicted molar refractivity (Wildman–Crippen MR) is 75.3 cm³/mol. The van der Waals surface area contributed by atoms with E-state index in [0.717, 1.165) is 19.6 Å². The summed E-state index contributed by atoms with van der Waals surface area (Å²) in [6.07, 6.45) is 2.41. The lowest BCUT2D eigenvalue weighted by Gasteiger charge is -2.39. The van der Waals surface area contributed by atoms with Gasteiger partial charge in [0, 0.05) is 19.1 Å². The van der Waals surface area contributed by atoms with Gasteiger partial charge in [-0.1, -0.05) is 27.7 Å². The number of piperidine rings is 1. The molecule has 4 heteroatoms. The summed E-state index contributed by atoms with van der Waals surface area (Å²) in [5.74, 6) is 0.434. The maximum Gasteiger partial charge on any atom is 0.231 e. The zero-order chi connectivity index (χ0) is 13.8. The number of hydrogen-bond acceptors (Lipinski definition) is 3. The van der Waals surface area contributed by atoms with Crippen LogP contribution in [0.3, 0.4) is 0 Å². The summed E-state index contributed by atoms with van der Waals surface area (Å²) in [6.45, 7) is 12.3. The average molecular weight is 255 g/mol. The van der Waals surface area contributed by atoms with Crippen molar-refractivity contribution in [2.24, 2.45) is 17.1 Å². The number of carbonyl (C=O) groups is 1. The molecule has 0 radical (unpaired) electrons. The van der Waals surface area contributed by atoms with E-state index in [-0.39, 0.29) is 5.91 Å². The second-order valence-corrected chi connectivity index (χ2v) is 6.78. The molecular formula is C14H29N3O. The molecule has 18 heavy (non-hydrogen) atoms. The summed E-state index contributed by atoms with van der Waals surface area (Å²) in [4.78, 5) is 13.3. The maximum atomic E-state index is 11.1. The van der Waals surface area contributed by atoms with Crippen molar-refractivity contribution in [3.8, 4) is 0 Å². The summed E-state index contributed by atoms with van der Waals surface area (Å²) >= 11 is 0. The largest absolute Gasteiger partial charge is 0.369 e. The fraction of sp³-hybridized carbons (Fsp3) is 0.929. The number of amides is 1. The van der Waals surface area contributed by atoms with Crippen molar-refractivity contribution in [2.75, 3.05) is 26.2 Å². The van der Waals surface area contributed by atoms with Gasteiger partial charge >= 0.3 is 0 Å². The van der Waals surface area contributed by atoms with Crippen molar-refractivity contribution in [3.63, 3.8) is 0 Å². The molecule has 1 amide bonds. The average Bonchev–Trinajstić information content (AvgIpc) is 2.12. The van der Waals surface area contributed by atoms with E-state index in [2.05, 4.69) is 37.9 Å². The van der Waals surface area contributed by atoms with Crippen LogP contribution in [0.2, 0.25) is 0 Å². The standard InChI is InChI=1S/C14H29N3O/c1-5-16-12-6-11(7-14(2,3)4)8-17(9-12)10-13(15)18/h11-12,16H,5-10H2,1-4H3,(H2,15,18). The zero-order valence-corrected chi connectivity index (χ0v) is 12.3. The Morgan fingerprint density at radius 2 is 2.06 bits per heavy atom. The highest BCUT2D eigenvalue weighted by Crippen LogP contribution is 2.30. The number of primary amides is 1. The zero-order valence-electron chi connectivity index (χ0n) is 12.3. The van der Waals surface area contributed by atoms with Gasteiger partial charge in [-0.3, -0.25) is 9.69 Å². The van der Waals surface area contributed by atoms with Gasteiger partial charge in [0.15, 0.2) is 0 Å². The van der Waals surface area contributed by atoms with Crippen molar-refractivity contribution >= 4 is 5.91 Å². The predicted octanol–water partition coefficient (Wildman–Crippen LogP) is 1.21. The van der Waals surface area contributed by atoms with Gasteiger partial charge in [-0.15, -0.1) is 0 Å². The number of hydrogen-bond donors (Lipinski definition) is 2. The molecule has 0 aromatic rings. The third kappa shape index (κ3) is 5.83. The van der Waals surface area contributed by atoms with Gasteiger partial charge in [0.25, 0.3) is 0 Å². The van der Waals surface area contributed by atoms with Gasteiger partial charge in [-0.05, 0) is 30.7 Å². The van der Waals surface area contributed by atoms with E-state index < -0.39 is 0 Å². The first-order valence-electron chi connectivity index (χ1n) is 7.04. The van der Waals surface area contributed by atoms with Gasteiger partial charge in [0.2, 0.25) is 5.91 Å². The Morgan fingerprint density at radius 1 is 1.39 bits per heavy atom. The summed E-state index contributed by atoms with van der Waals surface area (Å²) < 4.78 is 0. The summed E-state index contributed by atoms with van der Waals surface area (Å²) in [5, 5.41) is 3.51. The minimum absolute atomic E-state index is 0.221. The van der Waals surface area contributed by atoms with Crippen molar-refractivity contribution in [2.45, 2.75) is 46.6 Å². The maximum absolute atomic E-state index is 11.1. The smallest absolute Gasteiger partial charge is 0.231 e. The van der Waals surface area contributed by atoms with Crippen LogP contribution in [0, 0.1) is 11.3 Å². The molecule has 1 aliphatic rings. The summed E-state index contributed by atoms with van der Waals surface area (Å²) in [5.41, 5.74) is 5.66. The van der Waals surface area contributed by atoms with Crippen molar-refractivity contribution in [3.05, 3.63) is 0 Å². The van der Waals surface area contributed by atoms with E-state index in [4.69, 9.17) is 5.73 Å². The monoisotopic (exact) mass is 255 g/mol. The molecule has 0 aliphatic carbocycles. The number of nitrogens with zero attached hydrogens (tertiary/aromatic N) is 1. The minimum Gasteiger partial charge on any atom is -0.369 e. The van der Waals surface area contributed by atoms with E-state index in [1.54, 1.807) is 0 Å². The molecule has 2 unspecified atom stereocenters. The fourth-order valence-corrected chi connectivity index (χ4v) is 3.10. The fourth-order valence-electron chi connectivity index (χ4n) is 3.10. The Labute approximate surface area is 111 Å². The van der Waals surface area contributed by atoms with Crippen molar-refractivity contribution < 1.29 is 4.79 Å². The van der Waals surface area contributed by atoms with Crippen LogP contribution >= 0.6 is 0 Å². The highest BCUT2D eigenvalue weighted by Gasteiger charge is 2.29. The molecule has 0 aromatic carbocycles. The first-order valence-corrected chi connectivity index (χ1v) is 7.04. The highest BCUT2D eigenvalue weighted by molar-refractivity contribution is 5.75. The molecule has 4 nitrogen and oxygen atoms in total.